The van der Waals surface area contributed by atoms with Crippen LogP contribution in [-0.4, -0.2) is 16.1 Å². The van der Waals surface area contributed by atoms with E-state index in [0.29, 0.717) is 5.57 Å². The quantitative estimate of drug-likeness (QED) is 0.704. The van der Waals surface area contributed by atoms with E-state index in [1.807, 2.05) is 0 Å². The van der Waals surface area contributed by atoms with E-state index in [0.717, 1.165) is 12.1 Å². The molecule has 0 amide bonds. The van der Waals surface area contributed by atoms with E-state index < -0.39 is 17.2 Å². The van der Waals surface area contributed by atoms with Gasteiger partial charge in [0.05, 0.1) is 10.8 Å². The molecular weight excluding hydrogens is 303 g/mol. The van der Waals surface area contributed by atoms with E-state index >= 15 is 0 Å². The zero-order valence-electron chi connectivity index (χ0n) is 12.0. The van der Waals surface area contributed by atoms with Crippen LogP contribution in [0.5, 0.6) is 0 Å². The predicted molar refractivity (Wildman–Crippen MR) is 83.8 cm³/mol. The van der Waals surface area contributed by atoms with E-state index in [2.05, 4.69) is 11.6 Å². The SMILES string of the molecule is C=C(C)c1cc2c(=O)c3cc(C(=O)O)c(N)nc3oc2cc1F. The van der Waals surface area contributed by atoms with Gasteiger partial charge in [-0.3, -0.25) is 4.79 Å². The summed E-state index contributed by atoms with van der Waals surface area (Å²) in [4.78, 5) is 27.5. The molecule has 0 bridgehead atoms. The molecule has 2 aromatic heterocycles. The monoisotopic (exact) mass is 314 g/mol. The van der Waals surface area contributed by atoms with E-state index in [9.17, 15) is 14.0 Å². The summed E-state index contributed by atoms with van der Waals surface area (Å²) >= 11 is 0. The fraction of sp³-hybridized carbons (Fsp3) is 0.0625. The minimum Gasteiger partial charge on any atom is -0.478 e. The number of allylic oxidation sites excluding steroid dienone is 1. The molecule has 6 nitrogen and oxygen atoms in total. The summed E-state index contributed by atoms with van der Waals surface area (Å²) in [6.45, 7) is 5.26. The number of anilines is 1. The van der Waals surface area contributed by atoms with Crippen LogP contribution in [0.4, 0.5) is 10.2 Å². The molecule has 0 radical (unpaired) electrons. The molecule has 1 aromatic carbocycles. The Kier molecular flexibility index (Phi) is 3.14. The number of benzene rings is 1. The molecular formula is C16H11FN2O4. The zero-order chi connectivity index (χ0) is 16.9. The van der Waals surface area contributed by atoms with Gasteiger partial charge in [-0.2, -0.15) is 4.98 Å². The smallest absolute Gasteiger partial charge is 0.339 e. The number of nitrogens with two attached hydrogens (primary N) is 1. The maximum atomic E-state index is 14.0. The average Bonchev–Trinajstić information content (AvgIpc) is 2.45. The lowest BCUT2D eigenvalue weighted by Crippen LogP contribution is -2.10. The molecule has 0 aliphatic rings. The lowest BCUT2D eigenvalue weighted by atomic mass is 10.0. The Labute approximate surface area is 128 Å². The maximum Gasteiger partial charge on any atom is 0.339 e. The Bertz CT molecular complexity index is 988. The summed E-state index contributed by atoms with van der Waals surface area (Å²) in [6, 6.07) is 3.51. The molecule has 0 fully saturated rings. The number of rotatable bonds is 2. The van der Waals surface area contributed by atoms with Gasteiger partial charge in [-0.05, 0) is 24.6 Å². The van der Waals surface area contributed by atoms with Gasteiger partial charge in [0, 0.05) is 11.6 Å². The molecule has 0 aliphatic heterocycles. The summed E-state index contributed by atoms with van der Waals surface area (Å²) in [6.07, 6.45) is 0. The zero-order valence-corrected chi connectivity index (χ0v) is 12.0. The van der Waals surface area contributed by atoms with Crippen LogP contribution in [0, 0.1) is 5.82 Å². The summed E-state index contributed by atoms with van der Waals surface area (Å²) in [7, 11) is 0. The molecule has 2 heterocycles. The summed E-state index contributed by atoms with van der Waals surface area (Å²) in [5.74, 6) is -2.17. The number of carboxylic acids is 1. The second-order valence-electron chi connectivity index (χ2n) is 5.12. The van der Waals surface area contributed by atoms with Crippen molar-refractivity contribution in [2.24, 2.45) is 0 Å². The third-order valence-corrected chi connectivity index (χ3v) is 3.47. The summed E-state index contributed by atoms with van der Waals surface area (Å²) in [5, 5.41) is 9.14. The molecule has 0 saturated heterocycles. The van der Waals surface area contributed by atoms with Crippen molar-refractivity contribution in [1.82, 2.24) is 4.98 Å². The molecule has 116 valence electrons. The van der Waals surface area contributed by atoms with Crippen LogP contribution in [-0.2, 0) is 0 Å². The van der Waals surface area contributed by atoms with Gasteiger partial charge < -0.3 is 15.3 Å². The highest BCUT2D eigenvalue weighted by Crippen LogP contribution is 2.25. The van der Waals surface area contributed by atoms with Crippen LogP contribution in [0.2, 0.25) is 0 Å². The molecule has 0 saturated carbocycles. The van der Waals surface area contributed by atoms with Gasteiger partial charge in [-0.1, -0.05) is 6.58 Å². The third kappa shape index (κ3) is 2.22. The number of hydrogen-bond donors (Lipinski definition) is 2. The first-order chi connectivity index (χ1) is 10.8. The first-order valence-corrected chi connectivity index (χ1v) is 6.55. The molecule has 3 N–H and O–H groups in total. The highest BCUT2D eigenvalue weighted by Gasteiger charge is 2.17. The first-order valence-electron chi connectivity index (χ1n) is 6.55. The number of aromatic carboxylic acids is 1. The fourth-order valence-electron chi connectivity index (χ4n) is 2.31. The number of fused-ring (bicyclic) bond motifs is 2. The number of carboxylic acid groups (broad SMARTS) is 1. The molecule has 0 aliphatic carbocycles. The van der Waals surface area contributed by atoms with Crippen LogP contribution in [0.15, 0.2) is 34.0 Å². The number of nitrogen functional groups attached to an aromatic ring is 1. The number of hydrogen-bond acceptors (Lipinski definition) is 5. The lowest BCUT2D eigenvalue weighted by Gasteiger charge is -2.07. The Balaban J connectivity index is 2.48. The summed E-state index contributed by atoms with van der Waals surface area (Å²) < 4.78 is 19.4. The van der Waals surface area contributed by atoms with Crippen LogP contribution >= 0.6 is 0 Å². The minimum atomic E-state index is -1.31. The van der Waals surface area contributed by atoms with Crippen LogP contribution < -0.4 is 11.2 Å². The van der Waals surface area contributed by atoms with Crippen LogP contribution in [0.1, 0.15) is 22.8 Å². The Morgan fingerprint density at radius 1 is 1.30 bits per heavy atom. The molecule has 3 rings (SSSR count). The van der Waals surface area contributed by atoms with Crippen molar-refractivity contribution in [1.29, 1.82) is 0 Å². The van der Waals surface area contributed by atoms with E-state index in [-0.39, 0.29) is 39.0 Å². The van der Waals surface area contributed by atoms with Gasteiger partial charge in [-0.25, -0.2) is 9.18 Å². The van der Waals surface area contributed by atoms with Crippen molar-refractivity contribution in [3.8, 4) is 0 Å². The van der Waals surface area contributed by atoms with Gasteiger partial charge in [0.1, 0.15) is 22.8 Å². The van der Waals surface area contributed by atoms with Gasteiger partial charge in [0.25, 0.3) is 0 Å². The Morgan fingerprint density at radius 2 is 1.96 bits per heavy atom. The molecule has 0 atom stereocenters. The molecule has 3 aromatic rings. The van der Waals surface area contributed by atoms with E-state index in [1.165, 1.54) is 6.07 Å². The van der Waals surface area contributed by atoms with Gasteiger partial charge in [0.15, 0.2) is 0 Å². The fourth-order valence-corrected chi connectivity index (χ4v) is 2.31. The summed E-state index contributed by atoms with van der Waals surface area (Å²) in [5.41, 5.74) is 5.21. The highest BCUT2D eigenvalue weighted by molar-refractivity contribution is 5.98. The van der Waals surface area contributed by atoms with Gasteiger partial charge in [0.2, 0.25) is 11.1 Å². The first kappa shape index (κ1) is 14.7. The van der Waals surface area contributed by atoms with Crippen LogP contribution in [0.3, 0.4) is 0 Å². The second kappa shape index (κ2) is 4.91. The Morgan fingerprint density at radius 3 is 2.57 bits per heavy atom. The van der Waals surface area contributed by atoms with Crippen molar-refractivity contribution in [3.05, 3.63) is 51.9 Å². The van der Waals surface area contributed by atoms with Crippen molar-refractivity contribution >= 4 is 39.4 Å². The Hall–Kier alpha value is -3.22. The minimum absolute atomic E-state index is 0.0000231. The molecule has 0 spiro atoms. The number of nitrogens with zero attached hydrogens (tertiary/aromatic N) is 1. The standard InChI is InChI=1S/C16H11FN2O4/c1-6(2)7-3-8-12(5-11(7)17)23-15-9(13(8)20)4-10(16(21)22)14(18)19-15/h3-5H,1H2,2H3,(H2,18,19)(H,21,22). The van der Waals surface area contributed by atoms with Crippen molar-refractivity contribution in [2.75, 3.05) is 5.73 Å². The predicted octanol–water partition coefficient (Wildman–Crippen LogP) is 2.79. The van der Waals surface area contributed by atoms with Gasteiger partial charge in [-0.15, -0.1) is 0 Å². The number of aromatic nitrogens is 1. The molecule has 0 unspecified atom stereocenters. The largest absolute Gasteiger partial charge is 0.478 e. The normalized spacial score (nSPS) is 11.0. The number of halogens is 1. The van der Waals surface area contributed by atoms with Crippen molar-refractivity contribution in [2.45, 2.75) is 6.92 Å². The van der Waals surface area contributed by atoms with Crippen molar-refractivity contribution < 1.29 is 18.7 Å². The third-order valence-electron chi connectivity index (χ3n) is 3.47. The van der Waals surface area contributed by atoms with E-state index in [1.54, 1.807) is 6.92 Å². The highest BCUT2D eigenvalue weighted by atomic mass is 19.1. The molecule has 23 heavy (non-hydrogen) atoms. The molecule has 7 heteroatoms. The number of pyridine rings is 1. The van der Waals surface area contributed by atoms with Crippen LogP contribution in [0.25, 0.3) is 27.6 Å². The topological polar surface area (TPSA) is 106 Å². The second-order valence-corrected chi connectivity index (χ2v) is 5.12. The average molecular weight is 314 g/mol. The maximum absolute atomic E-state index is 14.0. The lowest BCUT2D eigenvalue weighted by molar-refractivity contribution is 0.0698. The van der Waals surface area contributed by atoms with Gasteiger partial charge >= 0.3 is 5.97 Å². The van der Waals surface area contributed by atoms with E-state index in [4.69, 9.17) is 15.3 Å². The van der Waals surface area contributed by atoms with Crippen molar-refractivity contribution in [3.63, 3.8) is 0 Å². The number of carbonyl (C=O) groups is 1.